The third-order valence-electron chi connectivity index (χ3n) is 3.13. The summed E-state index contributed by atoms with van der Waals surface area (Å²) in [6, 6.07) is 5.94. The predicted molar refractivity (Wildman–Crippen MR) is 68.8 cm³/mol. The van der Waals surface area contributed by atoms with E-state index in [1.165, 1.54) is 5.56 Å². The lowest BCUT2D eigenvalue weighted by atomic mass is 9.98. The third-order valence-corrected chi connectivity index (χ3v) is 3.13. The molecule has 0 fully saturated rings. The van der Waals surface area contributed by atoms with Crippen molar-refractivity contribution in [2.45, 2.75) is 26.7 Å². The van der Waals surface area contributed by atoms with Crippen molar-refractivity contribution in [3.05, 3.63) is 45.2 Å². The van der Waals surface area contributed by atoms with Crippen molar-refractivity contribution in [2.24, 2.45) is 0 Å². The maximum atomic E-state index is 11.6. The molecule has 1 aromatic carbocycles. The third kappa shape index (κ3) is 1.88. The van der Waals surface area contributed by atoms with Crippen molar-refractivity contribution < 1.29 is 4.79 Å². The zero-order valence-electron chi connectivity index (χ0n) is 10.2. The fraction of sp³-hybridized carbons (Fsp3) is 0.286. The van der Waals surface area contributed by atoms with E-state index < -0.39 is 0 Å². The highest BCUT2D eigenvalue weighted by Gasteiger charge is 2.09. The molecule has 1 N–H and O–H groups in total. The van der Waals surface area contributed by atoms with Crippen LogP contribution in [0.4, 0.5) is 0 Å². The molecule has 2 aromatic rings. The Morgan fingerprint density at radius 3 is 2.59 bits per heavy atom. The zero-order valence-corrected chi connectivity index (χ0v) is 10.2. The Bertz CT molecular complexity index is 638. The second kappa shape index (κ2) is 4.17. The minimum absolute atomic E-state index is 0.221. The molecule has 0 amide bonds. The van der Waals surface area contributed by atoms with Crippen molar-refractivity contribution in [1.29, 1.82) is 0 Å². The smallest absolute Gasteiger partial charge is 0.259 e. The minimum Gasteiger partial charge on any atom is -0.321 e. The molecule has 2 rings (SSSR count). The van der Waals surface area contributed by atoms with Crippen LogP contribution in [0, 0.1) is 6.92 Å². The Balaban J connectivity index is 2.85. The summed E-state index contributed by atoms with van der Waals surface area (Å²) in [6.07, 6.45) is 0.621. The van der Waals surface area contributed by atoms with E-state index in [4.69, 9.17) is 0 Å². The van der Waals surface area contributed by atoms with Gasteiger partial charge in [0.25, 0.3) is 5.56 Å². The lowest BCUT2D eigenvalue weighted by molar-refractivity contribution is 0.112. The minimum atomic E-state index is -0.317. The van der Waals surface area contributed by atoms with Crippen LogP contribution in [0.15, 0.2) is 23.0 Å². The number of aromatic amines is 1. The highest BCUT2D eigenvalue weighted by atomic mass is 16.1. The first-order chi connectivity index (χ1) is 8.04. The Labute approximate surface area is 99.5 Å². The summed E-state index contributed by atoms with van der Waals surface area (Å²) in [5.41, 5.74) is 2.63. The van der Waals surface area contributed by atoms with Gasteiger partial charge in [0.05, 0.1) is 5.56 Å². The maximum Gasteiger partial charge on any atom is 0.259 e. The number of pyridine rings is 1. The maximum absolute atomic E-state index is 11.6. The van der Waals surface area contributed by atoms with Gasteiger partial charge in [-0.05, 0) is 36.1 Å². The lowest BCUT2D eigenvalue weighted by Gasteiger charge is -2.09. The molecule has 1 heterocycles. The molecule has 88 valence electrons. The Morgan fingerprint density at radius 1 is 1.29 bits per heavy atom. The highest BCUT2D eigenvalue weighted by molar-refractivity contribution is 5.90. The Hall–Kier alpha value is -1.90. The summed E-state index contributed by atoms with van der Waals surface area (Å²) in [5, 5.41) is 0.943. The molecule has 0 saturated heterocycles. The second-order valence-corrected chi connectivity index (χ2v) is 4.57. The quantitative estimate of drug-likeness (QED) is 0.805. The number of H-pyrrole nitrogens is 1. The van der Waals surface area contributed by atoms with E-state index in [0.717, 1.165) is 16.5 Å². The standard InChI is InChI=1S/C14H15NO2/c1-8(2)10-4-5-13-11(6-10)9(3)12(7-16)14(17)15-13/h4-8H,1-3H3,(H,15,17). The summed E-state index contributed by atoms with van der Waals surface area (Å²) >= 11 is 0. The van der Waals surface area contributed by atoms with E-state index in [0.29, 0.717) is 12.2 Å². The molecule has 17 heavy (non-hydrogen) atoms. The molecule has 1 aromatic heterocycles. The van der Waals surface area contributed by atoms with Gasteiger partial charge in [-0.15, -0.1) is 0 Å². The van der Waals surface area contributed by atoms with E-state index >= 15 is 0 Å². The number of rotatable bonds is 2. The first kappa shape index (κ1) is 11.6. The highest BCUT2D eigenvalue weighted by Crippen LogP contribution is 2.22. The fourth-order valence-electron chi connectivity index (χ4n) is 1.99. The van der Waals surface area contributed by atoms with Crippen LogP contribution >= 0.6 is 0 Å². The number of aldehydes is 1. The van der Waals surface area contributed by atoms with Crippen LogP contribution in [0.25, 0.3) is 10.9 Å². The van der Waals surface area contributed by atoms with Crippen molar-refractivity contribution in [3.63, 3.8) is 0 Å². The number of hydrogen-bond acceptors (Lipinski definition) is 2. The average molecular weight is 229 g/mol. The summed E-state index contributed by atoms with van der Waals surface area (Å²) in [7, 11) is 0. The lowest BCUT2D eigenvalue weighted by Crippen LogP contribution is -2.14. The summed E-state index contributed by atoms with van der Waals surface area (Å²) < 4.78 is 0. The molecule has 3 nitrogen and oxygen atoms in total. The molecule has 0 aliphatic rings. The zero-order chi connectivity index (χ0) is 12.6. The predicted octanol–water partition coefficient (Wildman–Crippen LogP) is 2.77. The van der Waals surface area contributed by atoms with Crippen LogP contribution in [-0.4, -0.2) is 11.3 Å². The van der Waals surface area contributed by atoms with Gasteiger partial charge in [0.2, 0.25) is 0 Å². The second-order valence-electron chi connectivity index (χ2n) is 4.57. The van der Waals surface area contributed by atoms with E-state index in [9.17, 15) is 9.59 Å². The van der Waals surface area contributed by atoms with Gasteiger partial charge < -0.3 is 4.98 Å². The first-order valence-electron chi connectivity index (χ1n) is 5.66. The molecule has 0 aliphatic carbocycles. The van der Waals surface area contributed by atoms with Gasteiger partial charge in [-0.1, -0.05) is 19.9 Å². The van der Waals surface area contributed by atoms with Crippen molar-refractivity contribution in [2.75, 3.05) is 0 Å². The monoisotopic (exact) mass is 229 g/mol. The number of aryl methyl sites for hydroxylation is 1. The number of carbonyl (C=O) groups excluding carboxylic acids is 1. The molecule has 0 spiro atoms. The van der Waals surface area contributed by atoms with Crippen LogP contribution < -0.4 is 5.56 Å². The van der Waals surface area contributed by atoms with Gasteiger partial charge >= 0.3 is 0 Å². The van der Waals surface area contributed by atoms with Gasteiger partial charge in [0.1, 0.15) is 0 Å². The average Bonchev–Trinajstić information content (AvgIpc) is 2.29. The normalized spacial score (nSPS) is 11.1. The Morgan fingerprint density at radius 2 is 2.00 bits per heavy atom. The molecule has 0 bridgehead atoms. The number of nitrogens with one attached hydrogen (secondary N) is 1. The van der Waals surface area contributed by atoms with Crippen LogP contribution in [0.1, 0.15) is 41.3 Å². The van der Waals surface area contributed by atoms with Gasteiger partial charge in [-0.2, -0.15) is 0 Å². The summed E-state index contributed by atoms with van der Waals surface area (Å²) in [6.45, 7) is 6.04. The van der Waals surface area contributed by atoms with E-state index in [1.807, 2.05) is 25.1 Å². The van der Waals surface area contributed by atoms with Gasteiger partial charge in [-0.3, -0.25) is 9.59 Å². The fourth-order valence-corrected chi connectivity index (χ4v) is 1.99. The summed E-state index contributed by atoms with van der Waals surface area (Å²) in [5.74, 6) is 0.422. The molecule has 0 saturated carbocycles. The van der Waals surface area contributed by atoms with E-state index in [-0.39, 0.29) is 11.1 Å². The number of carbonyl (C=O) groups is 1. The van der Waals surface area contributed by atoms with E-state index in [1.54, 1.807) is 0 Å². The molecule has 0 radical (unpaired) electrons. The number of benzene rings is 1. The SMILES string of the molecule is Cc1c(C=O)c(=O)[nH]c2ccc(C(C)C)cc12. The van der Waals surface area contributed by atoms with Gasteiger partial charge in [-0.25, -0.2) is 0 Å². The first-order valence-corrected chi connectivity index (χ1v) is 5.66. The van der Waals surface area contributed by atoms with Crippen molar-refractivity contribution in [1.82, 2.24) is 4.98 Å². The number of fused-ring (bicyclic) bond motifs is 1. The van der Waals surface area contributed by atoms with Crippen LogP contribution in [0.5, 0.6) is 0 Å². The Kier molecular flexibility index (Phi) is 2.84. The number of aromatic nitrogens is 1. The van der Waals surface area contributed by atoms with Crippen molar-refractivity contribution in [3.8, 4) is 0 Å². The topological polar surface area (TPSA) is 49.9 Å². The van der Waals surface area contributed by atoms with Gasteiger partial charge in [0, 0.05) is 10.9 Å². The molecular formula is C14H15NO2. The van der Waals surface area contributed by atoms with Crippen LogP contribution in [-0.2, 0) is 0 Å². The molecule has 0 aliphatic heterocycles. The molecular weight excluding hydrogens is 214 g/mol. The van der Waals surface area contributed by atoms with E-state index in [2.05, 4.69) is 18.8 Å². The molecule has 0 atom stereocenters. The van der Waals surface area contributed by atoms with Gasteiger partial charge in [0.15, 0.2) is 6.29 Å². The summed E-state index contributed by atoms with van der Waals surface area (Å²) in [4.78, 5) is 25.2. The molecule has 0 unspecified atom stereocenters. The largest absolute Gasteiger partial charge is 0.321 e. The van der Waals surface area contributed by atoms with Crippen molar-refractivity contribution >= 4 is 17.2 Å². The number of hydrogen-bond donors (Lipinski definition) is 1. The van der Waals surface area contributed by atoms with Crippen LogP contribution in [0.3, 0.4) is 0 Å². The van der Waals surface area contributed by atoms with Crippen LogP contribution in [0.2, 0.25) is 0 Å². The molecule has 3 heteroatoms.